The summed E-state index contributed by atoms with van der Waals surface area (Å²) in [6, 6.07) is 0. The van der Waals surface area contributed by atoms with E-state index in [1.54, 1.807) is 13.8 Å². The van der Waals surface area contributed by atoms with Crippen molar-refractivity contribution in [1.82, 2.24) is 0 Å². The van der Waals surface area contributed by atoms with Crippen LogP contribution in [-0.2, 0) is 9.47 Å². The third kappa shape index (κ3) is 2.03. The monoisotopic (exact) mass is 218 g/mol. The third-order valence-electron chi connectivity index (χ3n) is 3.07. The van der Waals surface area contributed by atoms with Crippen LogP contribution >= 0.6 is 0 Å². The van der Waals surface area contributed by atoms with Crippen molar-refractivity contribution in [3.05, 3.63) is 0 Å². The fourth-order valence-electron chi connectivity index (χ4n) is 2.44. The van der Waals surface area contributed by atoms with E-state index in [0.29, 0.717) is 6.42 Å². The van der Waals surface area contributed by atoms with Gasteiger partial charge in [0.05, 0.1) is 24.4 Å². The molecule has 1 saturated carbocycles. The maximum absolute atomic E-state index is 9.92. The Balaban J connectivity index is 2.14. The lowest BCUT2D eigenvalue weighted by molar-refractivity contribution is -0.153. The second kappa shape index (κ2) is 3.40. The smallest absolute Gasteiger partial charge is 0.163 e. The van der Waals surface area contributed by atoms with Crippen molar-refractivity contribution in [2.45, 2.75) is 56.4 Å². The standard InChI is InChI=1S/C10H18O5/c1-9(2)14-7-4-10(13,5-11)3-6(12)8(7)15-9/h6-8,11-13H,3-5H2,1-2H3/t6-,7-,8-,10+/m0/s1. The fraction of sp³-hybridized carbons (Fsp3) is 1.00. The SMILES string of the molecule is CC1(C)O[C@@H]2[C@H](C[C@@](O)(CO)C[C@@H]2O)O1. The van der Waals surface area contributed by atoms with E-state index in [1.165, 1.54) is 0 Å². The van der Waals surface area contributed by atoms with Crippen molar-refractivity contribution in [1.29, 1.82) is 0 Å². The lowest BCUT2D eigenvalue weighted by atomic mass is 9.80. The quantitative estimate of drug-likeness (QED) is 0.547. The predicted molar refractivity (Wildman–Crippen MR) is 51.1 cm³/mol. The Bertz CT molecular complexity index is 254. The zero-order valence-corrected chi connectivity index (χ0v) is 9.01. The summed E-state index contributed by atoms with van der Waals surface area (Å²) >= 11 is 0. The molecule has 1 heterocycles. The minimum Gasteiger partial charge on any atom is -0.393 e. The van der Waals surface area contributed by atoms with Crippen LogP contribution in [0.1, 0.15) is 26.7 Å². The normalized spacial score (nSPS) is 49.0. The predicted octanol–water partition coefficient (Wildman–Crippen LogP) is -0.615. The highest BCUT2D eigenvalue weighted by molar-refractivity contribution is 5.00. The van der Waals surface area contributed by atoms with E-state index in [2.05, 4.69) is 0 Å². The van der Waals surface area contributed by atoms with Crippen LogP contribution in [0.4, 0.5) is 0 Å². The number of ether oxygens (including phenoxy) is 2. The van der Waals surface area contributed by atoms with Crippen molar-refractivity contribution in [3.8, 4) is 0 Å². The van der Waals surface area contributed by atoms with Gasteiger partial charge >= 0.3 is 0 Å². The molecule has 0 bridgehead atoms. The first-order chi connectivity index (χ1) is 6.85. The summed E-state index contributed by atoms with van der Waals surface area (Å²) in [7, 11) is 0. The van der Waals surface area contributed by atoms with E-state index in [1.807, 2.05) is 0 Å². The summed E-state index contributed by atoms with van der Waals surface area (Å²) < 4.78 is 11.1. The Morgan fingerprint density at radius 3 is 2.53 bits per heavy atom. The lowest BCUT2D eigenvalue weighted by Gasteiger charge is -2.38. The van der Waals surface area contributed by atoms with E-state index in [0.717, 1.165) is 0 Å². The van der Waals surface area contributed by atoms with Gasteiger partial charge in [0.2, 0.25) is 0 Å². The number of hydrogen-bond acceptors (Lipinski definition) is 5. The molecule has 1 aliphatic carbocycles. The Kier molecular flexibility index (Phi) is 2.56. The van der Waals surface area contributed by atoms with Crippen LogP contribution in [0, 0.1) is 0 Å². The van der Waals surface area contributed by atoms with Crippen LogP contribution in [0.5, 0.6) is 0 Å². The van der Waals surface area contributed by atoms with Gasteiger partial charge in [-0.2, -0.15) is 0 Å². The Morgan fingerprint density at radius 1 is 1.27 bits per heavy atom. The average Bonchev–Trinajstić information content (AvgIpc) is 2.40. The molecule has 0 spiro atoms. The van der Waals surface area contributed by atoms with E-state index in [4.69, 9.17) is 14.6 Å². The van der Waals surface area contributed by atoms with Gasteiger partial charge in [-0.15, -0.1) is 0 Å². The molecular formula is C10H18O5. The van der Waals surface area contributed by atoms with Crippen molar-refractivity contribution < 1.29 is 24.8 Å². The van der Waals surface area contributed by atoms with Crippen LogP contribution in [0.15, 0.2) is 0 Å². The summed E-state index contributed by atoms with van der Waals surface area (Å²) in [4.78, 5) is 0. The maximum atomic E-state index is 9.92. The Morgan fingerprint density at radius 2 is 1.93 bits per heavy atom. The molecule has 5 heteroatoms. The van der Waals surface area contributed by atoms with Crippen molar-refractivity contribution >= 4 is 0 Å². The molecule has 0 aromatic heterocycles. The van der Waals surface area contributed by atoms with E-state index < -0.39 is 23.6 Å². The molecule has 4 atom stereocenters. The van der Waals surface area contributed by atoms with E-state index >= 15 is 0 Å². The van der Waals surface area contributed by atoms with Crippen LogP contribution in [-0.4, -0.2) is 51.6 Å². The second-order valence-corrected chi connectivity index (χ2v) is 5.00. The summed E-state index contributed by atoms with van der Waals surface area (Å²) in [6.07, 6.45) is -1.10. The second-order valence-electron chi connectivity index (χ2n) is 5.00. The number of hydrogen-bond donors (Lipinski definition) is 3. The number of rotatable bonds is 1. The molecule has 1 saturated heterocycles. The first kappa shape index (κ1) is 11.3. The lowest BCUT2D eigenvalue weighted by Crippen LogP contribution is -2.52. The first-order valence-corrected chi connectivity index (χ1v) is 5.22. The molecular weight excluding hydrogens is 200 g/mol. The largest absolute Gasteiger partial charge is 0.393 e. The zero-order chi connectivity index (χ0) is 11.3. The summed E-state index contributed by atoms with van der Waals surface area (Å²) in [5.74, 6) is -0.725. The van der Waals surface area contributed by atoms with Crippen LogP contribution in [0.25, 0.3) is 0 Å². The summed E-state index contributed by atoms with van der Waals surface area (Å²) in [5, 5.41) is 28.8. The van der Waals surface area contributed by atoms with E-state index in [9.17, 15) is 10.2 Å². The van der Waals surface area contributed by atoms with Gasteiger partial charge in [-0.05, 0) is 13.8 Å². The van der Waals surface area contributed by atoms with Gasteiger partial charge in [0.15, 0.2) is 5.79 Å². The Hall–Kier alpha value is -0.200. The highest BCUT2D eigenvalue weighted by Gasteiger charge is 2.52. The van der Waals surface area contributed by atoms with Gasteiger partial charge < -0.3 is 24.8 Å². The fourth-order valence-corrected chi connectivity index (χ4v) is 2.44. The third-order valence-corrected chi connectivity index (χ3v) is 3.07. The maximum Gasteiger partial charge on any atom is 0.163 e. The minimum absolute atomic E-state index is 0.129. The molecule has 2 fully saturated rings. The summed E-state index contributed by atoms with van der Waals surface area (Å²) in [5.41, 5.74) is -1.25. The number of fused-ring (bicyclic) bond motifs is 1. The first-order valence-electron chi connectivity index (χ1n) is 5.22. The highest BCUT2D eigenvalue weighted by Crippen LogP contribution is 2.40. The molecule has 0 aromatic carbocycles. The topological polar surface area (TPSA) is 79.2 Å². The molecule has 0 radical (unpaired) electrons. The highest BCUT2D eigenvalue weighted by atomic mass is 16.8. The van der Waals surface area contributed by atoms with Gasteiger partial charge in [0.1, 0.15) is 6.10 Å². The van der Waals surface area contributed by atoms with Crippen molar-refractivity contribution in [3.63, 3.8) is 0 Å². The number of aliphatic hydroxyl groups excluding tert-OH is 2. The van der Waals surface area contributed by atoms with Crippen molar-refractivity contribution in [2.75, 3.05) is 6.61 Å². The van der Waals surface area contributed by atoms with Crippen molar-refractivity contribution in [2.24, 2.45) is 0 Å². The number of aliphatic hydroxyl groups is 3. The molecule has 0 aromatic rings. The zero-order valence-electron chi connectivity index (χ0n) is 9.01. The molecule has 3 N–H and O–H groups in total. The molecule has 2 rings (SSSR count). The molecule has 1 aliphatic heterocycles. The molecule has 88 valence electrons. The van der Waals surface area contributed by atoms with Crippen LogP contribution < -0.4 is 0 Å². The molecule has 15 heavy (non-hydrogen) atoms. The minimum atomic E-state index is -1.25. The molecule has 2 aliphatic rings. The van der Waals surface area contributed by atoms with Crippen LogP contribution in [0.2, 0.25) is 0 Å². The Labute approximate surface area is 88.6 Å². The molecule has 0 unspecified atom stereocenters. The molecule has 5 nitrogen and oxygen atoms in total. The van der Waals surface area contributed by atoms with Gasteiger partial charge in [-0.1, -0.05) is 0 Å². The van der Waals surface area contributed by atoms with Gasteiger partial charge in [0, 0.05) is 12.8 Å². The van der Waals surface area contributed by atoms with Crippen LogP contribution in [0.3, 0.4) is 0 Å². The summed E-state index contributed by atoms with van der Waals surface area (Å²) in [6.45, 7) is 3.18. The average molecular weight is 218 g/mol. The van der Waals surface area contributed by atoms with Gasteiger partial charge in [-0.3, -0.25) is 0 Å². The molecule has 0 amide bonds. The van der Waals surface area contributed by atoms with Gasteiger partial charge in [-0.25, -0.2) is 0 Å². The van der Waals surface area contributed by atoms with Gasteiger partial charge in [0.25, 0.3) is 0 Å². The van der Waals surface area contributed by atoms with E-state index in [-0.39, 0.29) is 19.1 Å².